The fourth-order valence-corrected chi connectivity index (χ4v) is 2.49. The number of nitrogens with zero attached hydrogens (tertiary/aromatic N) is 2. The second kappa shape index (κ2) is 7.49. The quantitative estimate of drug-likeness (QED) is 0.356. The van der Waals surface area contributed by atoms with E-state index in [2.05, 4.69) is 4.99 Å². The second-order valence-electron chi connectivity index (χ2n) is 5.04. The number of rotatable bonds is 3. The van der Waals surface area contributed by atoms with Gasteiger partial charge in [0.1, 0.15) is 0 Å². The Bertz CT molecular complexity index is 849. The Labute approximate surface area is 150 Å². The molecule has 3 nitrogen and oxygen atoms in total. The van der Waals surface area contributed by atoms with Crippen molar-refractivity contribution < 1.29 is 5.21 Å². The third-order valence-corrected chi connectivity index (χ3v) is 3.95. The maximum absolute atomic E-state index is 10.7. The van der Waals surface area contributed by atoms with Crippen LogP contribution in [-0.4, -0.2) is 11.0 Å². The summed E-state index contributed by atoms with van der Waals surface area (Å²) in [4.78, 5) is 4.55. The average molecular weight is 357 g/mol. The number of anilines is 1. The van der Waals surface area contributed by atoms with E-state index in [1.807, 2.05) is 42.5 Å². The molecule has 0 amide bonds. The van der Waals surface area contributed by atoms with Crippen LogP contribution in [0.5, 0.6) is 0 Å². The highest BCUT2D eigenvalue weighted by Crippen LogP contribution is 2.26. The smallest absolute Gasteiger partial charge is 0.165 e. The molecule has 0 aliphatic heterocycles. The summed E-state index contributed by atoms with van der Waals surface area (Å²) >= 11 is 12.1. The summed E-state index contributed by atoms with van der Waals surface area (Å²) in [7, 11) is 0. The fraction of sp³-hybridized carbons (Fsp3) is 0. The van der Waals surface area contributed by atoms with Crippen LogP contribution >= 0.6 is 23.2 Å². The lowest BCUT2D eigenvalue weighted by Crippen LogP contribution is -2.27. The minimum Gasteiger partial charge on any atom is -0.282 e. The molecule has 1 N–H and O–H groups in total. The van der Waals surface area contributed by atoms with Gasteiger partial charge in [0.2, 0.25) is 0 Å². The van der Waals surface area contributed by atoms with Crippen LogP contribution in [0.1, 0.15) is 5.56 Å². The van der Waals surface area contributed by atoms with Gasteiger partial charge in [-0.2, -0.15) is 0 Å². The van der Waals surface area contributed by atoms with Crippen LogP contribution in [0.25, 0.3) is 0 Å². The van der Waals surface area contributed by atoms with Gasteiger partial charge in [-0.1, -0.05) is 65.7 Å². The van der Waals surface area contributed by atoms with Gasteiger partial charge < -0.3 is 0 Å². The molecule has 3 aromatic rings. The largest absolute Gasteiger partial charge is 0.282 e. The first kappa shape index (κ1) is 16.5. The Hall–Kier alpha value is -2.33. The SMILES string of the molecule is ON(C(=Nc1ccccc1Cl)c1ccccc1)c1ccc(Cl)cc1. The van der Waals surface area contributed by atoms with E-state index in [0.29, 0.717) is 27.3 Å². The van der Waals surface area contributed by atoms with Crippen molar-refractivity contribution >= 4 is 40.4 Å². The first-order valence-corrected chi connectivity index (χ1v) is 8.04. The van der Waals surface area contributed by atoms with Crippen LogP contribution in [0.3, 0.4) is 0 Å². The standard InChI is InChI=1S/C19H14Cl2N2O/c20-15-10-12-16(13-11-15)23(24)19(14-6-2-1-3-7-14)22-18-9-5-4-8-17(18)21/h1-13,24H. The molecule has 120 valence electrons. The van der Waals surface area contributed by atoms with Crippen molar-refractivity contribution in [2.75, 3.05) is 5.06 Å². The molecule has 0 saturated heterocycles. The minimum absolute atomic E-state index is 0.367. The minimum atomic E-state index is 0.367. The lowest BCUT2D eigenvalue weighted by molar-refractivity contribution is 0.313. The van der Waals surface area contributed by atoms with E-state index >= 15 is 0 Å². The zero-order chi connectivity index (χ0) is 16.9. The highest BCUT2D eigenvalue weighted by Gasteiger charge is 2.14. The molecule has 3 rings (SSSR count). The first-order valence-electron chi connectivity index (χ1n) is 7.28. The average Bonchev–Trinajstić information content (AvgIpc) is 2.62. The molecule has 24 heavy (non-hydrogen) atoms. The van der Waals surface area contributed by atoms with Crippen molar-refractivity contribution in [3.63, 3.8) is 0 Å². The van der Waals surface area contributed by atoms with E-state index in [9.17, 15) is 5.21 Å². The molecule has 0 aromatic heterocycles. The zero-order valence-corrected chi connectivity index (χ0v) is 14.1. The number of halogens is 2. The summed E-state index contributed by atoms with van der Waals surface area (Å²) < 4.78 is 0. The van der Waals surface area contributed by atoms with E-state index in [1.165, 1.54) is 0 Å². The molecule has 0 saturated carbocycles. The summed E-state index contributed by atoms with van der Waals surface area (Å²) in [6.45, 7) is 0. The number of hydrogen-bond acceptors (Lipinski definition) is 2. The van der Waals surface area contributed by atoms with E-state index in [1.54, 1.807) is 36.4 Å². The lowest BCUT2D eigenvalue weighted by atomic mass is 10.2. The summed E-state index contributed by atoms with van der Waals surface area (Å²) in [5.74, 6) is 0.367. The molecule has 0 atom stereocenters. The van der Waals surface area contributed by atoms with Crippen molar-refractivity contribution in [2.24, 2.45) is 4.99 Å². The molecule has 0 bridgehead atoms. The molecule has 0 unspecified atom stereocenters. The molecule has 0 aliphatic rings. The summed E-state index contributed by atoms with van der Waals surface area (Å²) in [6.07, 6.45) is 0. The van der Waals surface area contributed by atoms with Gasteiger partial charge in [-0.3, -0.25) is 5.21 Å². The molecule has 0 aliphatic carbocycles. The predicted molar refractivity (Wildman–Crippen MR) is 99.8 cm³/mol. The maximum atomic E-state index is 10.7. The third kappa shape index (κ3) is 3.77. The Morgan fingerprint density at radius 3 is 2.08 bits per heavy atom. The zero-order valence-electron chi connectivity index (χ0n) is 12.6. The normalized spacial score (nSPS) is 11.4. The number of para-hydroxylation sites is 1. The van der Waals surface area contributed by atoms with E-state index in [4.69, 9.17) is 23.2 Å². The van der Waals surface area contributed by atoms with Crippen LogP contribution in [0, 0.1) is 0 Å². The van der Waals surface area contributed by atoms with Crippen molar-refractivity contribution in [2.45, 2.75) is 0 Å². The number of aliphatic imine (C=N–C) groups is 1. The van der Waals surface area contributed by atoms with Gasteiger partial charge in [0.25, 0.3) is 0 Å². The van der Waals surface area contributed by atoms with Crippen LogP contribution in [0.15, 0.2) is 83.9 Å². The van der Waals surface area contributed by atoms with Gasteiger partial charge >= 0.3 is 0 Å². The Morgan fingerprint density at radius 1 is 0.792 bits per heavy atom. The van der Waals surface area contributed by atoms with Crippen molar-refractivity contribution in [3.05, 3.63) is 94.5 Å². The highest BCUT2D eigenvalue weighted by atomic mass is 35.5. The number of benzene rings is 3. The highest BCUT2D eigenvalue weighted by molar-refractivity contribution is 6.33. The van der Waals surface area contributed by atoms with Crippen molar-refractivity contribution in [1.82, 2.24) is 0 Å². The molecular formula is C19H14Cl2N2O. The van der Waals surface area contributed by atoms with Gasteiger partial charge in [0.05, 0.1) is 16.4 Å². The van der Waals surface area contributed by atoms with Crippen molar-refractivity contribution in [3.8, 4) is 0 Å². The molecule has 0 spiro atoms. The Morgan fingerprint density at radius 2 is 1.42 bits per heavy atom. The predicted octanol–water partition coefficient (Wildman–Crippen LogP) is 5.97. The number of amidine groups is 1. The summed E-state index contributed by atoms with van der Waals surface area (Å²) in [6, 6.07) is 23.5. The lowest BCUT2D eigenvalue weighted by Gasteiger charge is -2.19. The van der Waals surface area contributed by atoms with E-state index in [-0.39, 0.29) is 0 Å². The summed E-state index contributed by atoms with van der Waals surface area (Å²) in [5, 5.41) is 12.8. The number of hydroxylamine groups is 1. The second-order valence-corrected chi connectivity index (χ2v) is 5.88. The Kier molecular flexibility index (Phi) is 5.16. The molecule has 5 heteroatoms. The van der Waals surface area contributed by atoms with E-state index in [0.717, 1.165) is 10.6 Å². The summed E-state index contributed by atoms with van der Waals surface area (Å²) in [5.41, 5.74) is 1.88. The van der Waals surface area contributed by atoms with Gasteiger partial charge in [0, 0.05) is 10.6 Å². The van der Waals surface area contributed by atoms with E-state index < -0.39 is 0 Å². The molecule has 0 fully saturated rings. The van der Waals surface area contributed by atoms with Gasteiger partial charge in [-0.05, 0) is 36.4 Å². The fourth-order valence-electron chi connectivity index (χ4n) is 2.18. The van der Waals surface area contributed by atoms with Gasteiger partial charge in [-0.15, -0.1) is 0 Å². The van der Waals surface area contributed by atoms with Crippen LogP contribution in [0.2, 0.25) is 10.0 Å². The maximum Gasteiger partial charge on any atom is 0.165 e. The topological polar surface area (TPSA) is 35.8 Å². The molecule has 3 aromatic carbocycles. The van der Waals surface area contributed by atoms with Gasteiger partial charge in [-0.25, -0.2) is 10.1 Å². The van der Waals surface area contributed by atoms with Gasteiger partial charge in [0.15, 0.2) is 5.84 Å². The van der Waals surface area contributed by atoms with Crippen LogP contribution < -0.4 is 5.06 Å². The third-order valence-electron chi connectivity index (χ3n) is 3.38. The molecule has 0 heterocycles. The Balaban J connectivity index is 2.09. The first-order chi connectivity index (χ1) is 11.6. The molecular weight excluding hydrogens is 343 g/mol. The monoisotopic (exact) mass is 356 g/mol. The number of hydrogen-bond donors (Lipinski definition) is 1. The van der Waals surface area contributed by atoms with Crippen LogP contribution in [-0.2, 0) is 0 Å². The van der Waals surface area contributed by atoms with Crippen molar-refractivity contribution in [1.29, 1.82) is 0 Å². The molecule has 0 radical (unpaired) electrons. The van der Waals surface area contributed by atoms with Crippen LogP contribution in [0.4, 0.5) is 11.4 Å².